The molecule has 53 heavy (non-hydrogen) atoms. The highest BCUT2D eigenvalue weighted by atomic mass is 16.5. The van der Waals surface area contributed by atoms with Crippen molar-refractivity contribution in [1.29, 1.82) is 0 Å². The Hall–Kier alpha value is -3.19. The van der Waals surface area contributed by atoms with Crippen LogP contribution in [0, 0.1) is 35.5 Å². The first-order valence-electron chi connectivity index (χ1n) is 19.3. The highest BCUT2D eigenvalue weighted by molar-refractivity contribution is 5.90. The van der Waals surface area contributed by atoms with E-state index >= 15 is 0 Å². The van der Waals surface area contributed by atoms with E-state index in [2.05, 4.69) is 5.32 Å². The Morgan fingerprint density at radius 2 is 1.58 bits per heavy atom. The van der Waals surface area contributed by atoms with Gasteiger partial charge in [0.15, 0.2) is 5.78 Å². The molecule has 0 aliphatic carbocycles. The molecule has 1 aromatic rings. The summed E-state index contributed by atoms with van der Waals surface area (Å²) in [5, 5.41) is 23.1. The minimum absolute atomic E-state index is 0.0229. The number of likely N-dealkylation sites (N-methyl/N-ethyl adjacent to an activating group) is 2. The van der Waals surface area contributed by atoms with Crippen LogP contribution in [0.2, 0.25) is 0 Å². The van der Waals surface area contributed by atoms with Crippen molar-refractivity contribution >= 4 is 29.4 Å². The van der Waals surface area contributed by atoms with E-state index in [1.165, 1.54) is 14.2 Å². The topological polar surface area (TPSA) is 163 Å². The van der Waals surface area contributed by atoms with Crippen molar-refractivity contribution in [3.05, 3.63) is 35.9 Å². The van der Waals surface area contributed by atoms with Crippen LogP contribution in [0.15, 0.2) is 30.3 Å². The summed E-state index contributed by atoms with van der Waals surface area (Å²) in [6.45, 7) is 11.6. The van der Waals surface area contributed by atoms with E-state index in [-0.39, 0.29) is 67.5 Å². The second-order valence-electron chi connectivity index (χ2n) is 15.4. The molecular formula is C41H67N3O9. The molecule has 10 atom stereocenters. The number of aliphatic hydroxyl groups excluding tert-OH is 1. The van der Waals surface area contributed by atoms with Gasteiger partial charge in [0, 0.05) is 59.1 Å². The van der Waals surface area contributed by atoms with Crippen LogP contribution in [0.3, 0.4) is 0 Å². The highest BCUT2D eigenvalue weighted by Gasteiger charge is 2.43. The molecule has 3 N–H and O–H groups in total. The number of carboxylic acids is 1. The lowest BCUT2D eigenvalue weighted by Gasteiger charge is -2.41. The normalized spacial score (nSPS) is 19.8. The van der Waals surface area contributed by atoms with Crippen molar-refractivity contribution in [3.63, 3.8) is 0 Å². The fourth-order valence-corrected chi connectivity index (χ4v) is 8.04. The van der Waals surface area contributed by atoms with Crippen molar-refractivity contribution in [2.45, 2.75) is 117 Å². The monoisotopic (exact) mass is 745 g/mol. The number of benzene rings is 1. The number of aliphatic hydroxyl groups is 1. The number of aliphatic carboxylic acids is 1. The first-order valence-corrected chi connectivity index (χ1v) is 19.3. The minimum atomic E-state index is -1.03. The standard InChI is InChI=1S/C41H67N3O9/c1-11-26(4)38(43(8)40(49)31(27(5)24-45)22-34(47)37(42-7)25(2)3)35(52-9)23-36(48)44-19-15-18-32(44)39(53-10)28(6)33(46)21-30(41(50)51)20-29-16-13-12-14-17-29/h12-14,16-17,25-28,30-32,35,37-39,42,45H,11,15,18-24H2,1-10H3,(H,50,51)/t26-,27?,28-,30+,31-,32-,35+,37-,38-,39+/m0/s1. The van der Waals surface area contributed by atoms with Gasteiger partial charge in [0.2, 0.25) is 11.8 Å². The first-order chi connectivity index (χ1) is 25.1. The van der Waals surface area contributed by atoms with Crippen LogP contribution in [0.25, 0.3) is 0 Å². The van der Waals surface area contributed by atoms with E-state index in [1.54, 1.807) is 37.7 Å². The molecule has 1 heterocycles. The van der Waals surface area contributed by atoms with E-state index in [0.717, 1.165) is 5.56 Å². The second-order valence-corrected chi connectivity index (χ2v) is 15.4. The Labute approximate surface area is 317 Å². The SMILES string of the molecule is CC[C@H](C)[C@@H]([C@@H](CC(=O)N1CCC[C@H]1[C@H](OC)[C@@H](C)C(=O)C[C@@H](Cc1ccccc1)C(=O)O)OC)N(C)C(=O)[C@@H](CC(=O)[C@@H](NC)C(C)C)C(C)CO. The summed E-state index contributed by atoms with van der Waals surface area (Å²) in [6, 6.07) is 7.90. The smallest absolute Gasteiger partial charge is 0.307 e. The number of Topliss-reactive ketones (excluding diaryl/α,β-unsaturated/α-hetero) is 2. The molecule has 1 aromatic carbocycles. The van der Waals surface area contributed by atoms with Gasteiger partial charge in [-0.2, -0.15) is 0 Å². The number of amides is 2. The summed E-state index contributed by atoms with van der Waals surface area (Å²) in [5.74, 6) is -4.64. The zero-order valence-electron chi connectivity index (χ0n) is 33.7. The predicted molar refractivity (Wildman–Crippen MR) is 204 cm³/mol. The molecule has 1 aliphatic rings. The molecule has 0 saturated carbocycles. The number of rotatable bonds is 24. The van der Waals surface area contributed by atoms with Gasteiger partial charge < -0.3 is 34.8 Å². The van der Waals surface area contributed by atoms with Crippen molar-refractivity contribution in [2.24, 2.45) is 35.5 Å². The van der Waals surface area contributed by atoms with Crippen LogP contribution in [0.1, 0.15) is 85.6 Å². The average Bonchev–Trinajstić information content (AvgIpc) is 3.62. The van der Waals surface area contributed by atoms with E-state index in [4.69, 9.17) is 9.47 Å². The van der Waals surface area contributed by atoms with E-state index in [9.17, 15) is 34.2 Å². The Morgan fingerprint density at radius 1 is 0.943 bits per heavy atom. The number of carboxylic acid groups (broad SMARTS) is 1. The van der Waals surface area contributed by atoms with Crippen LogP contribution in [0.4, 0.5) is 0 Å². The molecule has 0 bridgehead atoms. The predicted octanol–water partition coefficient (Wildman–Crippen LogP) is 4.26. The van der Waals surface area contributed by atoms with Gasteiger partial charge in [-0.3, -0.25) is 24.0 Å². The maximum absolute atomic E-state index is 14.2. The van der Waals surface area contributed by atoms with Gasteiger partial charge in [-0.1, -0.05) is 78.3 Å². The summed E-state index contributed by atoms with van der Waals surface area (Å²) in [4.78, 5) is 70.8. The molecule has 12 nitrogen and oxygen atoms in total. The lowest BCUT2D eigenvalue weighted by atomic mass is 9.83. The maximum atomic E-state index is 14.2. The van der Waals surface area contributed by atoms with Crippen molar-refractivity contribution in [3.8, 4) is 0 Å². The molecule has 1 saturated heterocycles. The zero-order valence-corrected chi connectivity index (χ0v) is 33.7. The molecule has 0 radical (unpaired) electrons. The molecule has 300 valence electrons. The van der Waals surface area contributed by atoms with E-state index < -0.39 is 60.0 Å². The summed E-state index contributed by atoms with van der Waals surface area (Å²) in [5.41, 5.74) is 0.840. The molecule has 2 rings (SSSR count). The Bertz CT molecular complexity index is 1320. The number of hydrogen-bond acceptors (Lipinski definition) is 9. The number of hydrogen-bond donors (Lipinski definition) is 3. The van der Waals surface area contributed by atoms with Gasteiger partial charge in [-0.15, -0.1) is 0 Å². The van der Waals surface area contributed by atoms with Crippen molar-refractivity contribution in [2.75, 3.05) is 41.5 Å². The van der Waals surface area contributed by atoms with Crippen LogP contribution in [-0.4, -0.2) is 121 Å². The van der Waals surface area contributed by atoms with Crippen LogP contribution < -0.4 is 5.32 Å². The number of carbonyl (C=O) groups excluding carboxylic acids is 4. The van der Waals surface area contributed by atoms with Crippen LogP contribution in [-0.2, 0) is 39.9 Å². The van der Waals surface area contributed by atoms with Gasteiger partial charge in [0.25, 0.3) is 0 Å². The fourth-order valence-electron chi connectivity index (χ4n) is 8.04. The lowest BCUT2D eigenvalue weighted by molar-refractivity contribution is -0.149. The Morgan fingerprint density at radius 3 is 2.09 bits per heavy atom. The molecule has 0 aromatic heterocycles. The van der Waals surface area contributed by atoms with Gasteiger partial charge in [0.05, 0.1) is 42.7 Å². The first kappa shape index (κ1) is 46.0. The van der Waals surface area contributed by atoms with Crippen molar-refractivity contribution in [1.82, 2.24) is 15.1 Å². The van der Waals surface area contributed by atoms with Gasteiger partial charge in [-0.05, 0) is 49.6 Å². The quantitative estimate of drug-likeness (QED) is 0.139. The number of ketones is 2. The summed E-state index contributed by atoms with van der Waals surface area (Å²) in [6.07, 6.45) is 0.757. The average molecular weight is 746 g/mol. The second kappa shape index (κ2) is 22.3. The molecule has 2 amide bonds. The number of nitrogens with zero attached hydrogens (tertiary/aromatic N) is 2. The molecule has 1 aliphatic heterocycles. The lowest BCUT2D eigenvalue weighted by Crippen LogP contribution is -2.54. The Balaban J connectivity index is 2.29. The number of nitrogens with one attached hydrogen (secondary N) is 1. The summed E-state index contributed by atoms with van der Waals surface area (Å²) in [7, 11) is 6.45. The van der Waals surface area contributed by atoms with Crippen molar-refractivity contribution < 1.29 is 43.7 Å². The van der Waals surface area contributed by atoms with Gasteiger partial charge in [-0.25, -0.2) is 0 Å². The highest BCUT2D eigenvalue weighted by Crippen LogP contribution is 2.31. The zero-order chi connectivity index (χ0) is 40.0. The fraction of sp³-hybridized carbons (Fsp3) is 0.732. The van der Waals surface area contributed by atoms with Crippen LogP contribution in [0.5, 0.6) is 0 Å². The number of carbonyl (C=O) groups is 5. The third-order valence-corrected chi connectivity index (χ3v) is 11.5. The Kier molecular flexibility index (Phi) is 19.3. The maximum Gasteiger partial charge on any atom is 0.307 e. The van der Waals surface area contributed by atoms with Gasteiger partial charge in [0.1, 0.15) is 5.78 Å². The number of ether oxygens (including phenoxy) is 2. The number of likely N-dealkylation sites (tertiary alicyclic amines) is 1. The molecule has 0 spiro atoms. The molecular weight excluding hydrogens is 678 g/mol. The third kappa shape index (κ3) is 12.4. The largest absolute Gasteiger partial charge is 0.481 e. The van der Waals surface area contributed by atoms with Crippen LogP contribution >= 0.6 is 0 Å². The molecule has 1 fully saturated rings. The minimum Gasteiger partial charge on any atom is -0.481 e. The van der Waals surface area contributed by atoms with E-state index in [0.29, 0.717) is 25.8 Å². The number of methoxy groups -OCH3 is 2. The molecule has 1 unspecified atom stereocenters. The van der Waals surface area contributed by atoms with Gasteiger partial charge >= 0.3 is 5.97 Å². The third-order valence-electron chi connectivity index (χ3n) is 11.5. The summed E-state index contributed by atoms with van der Waals surface area (Å²) >= 11 is 0. The van der Waals surface area contributed by atoms with E-state index in [1.807, 2.05) is 58.0 Å². The molecule has 12 heteroatoms. The summed E-state index contributed by atoms with van der Waals surface area (Å²) < 4.78 is 11.9.